The van der Waals surface area contributed by atoms with Gasteiger partial charge in [0.1, 0.15) is 5.78 Å². The van der Waals surface area contributed by atoms with Gasteiger partial charge in [0.25, 0.3) is 0 Å². The van der Waals surface area contributed by atoms with E-state index in [2.05, 4.69) is 0 Å². The van der Waals surface area contributed by atoms with Gasteiger partial charge in [-0.2, -0.15) is 8.78 Å². The standard InChI is InChI=1S/C5H6F2O2.C2H6/c1-4(9)2-5(6,7)3-8;1-2/h3H,2H2,1H3;1-2H3. The zero-order valence-electron chi connectivity index (χ0n) is 6.86. The van der Waals surface area contributed by atoms with Crippen LogP contribution in [0, 0.1) is 0 Å². The van der Waals surface area contributed by atoms with E-state index in [0.717, 1.165) is 6.92 Å². The van der Waals surface area contributed by atoms with E-state index < -0.39 is 24.4 Å². The van der Waals surface area contributed by atoms with Crippen molar-refractivity contribution in [2.24, 2.45) is 0 Å². The van der Waals surface area contributed by atoms with Crippen LogP contribution < -0.4 is 0 Å². The van der Waals surface area contributed by atoms with E-state index in [1.807, 2.05) is 13.8 Å². The van der Waals surface area contributed by atoms with Gasteiger partial charge in [0, 0.05) is 0 Å². The normalized spacial score (nSPS) is 9.55. The van der Waals surface area contributed by atoms with E-state index in [1.165, 1.54) is 0 Å². The molecule has 0 heterocycles. The minimum Gasteiger partial charge on any atom is -0.300 e. The van der Waals surface area contributed by atoms with Crippen LogP contribution in [0.2, 0.25) is 0 Å². The lowest BCUT2D eigenvalue weighted by atomic mass is 10.2. The Morgan fingerprint density at radius 1 is 1.45 bits per heavy atom. The van der Waals surface area contributed by atoms with E-state index in [0.29, 0.717) is 0 Å². The predicted octanol–water partition coefficient (Wildman–Crippen LogP) is 1.83. The second-order valence-electron chi connectivity index (χ2n) is 1.76. The Labute approximate surface area is 64.6 Å². The monoisotopic (exact) mass is 166 g/mol. The van der Waals surface area contributed by atoms with Crippen molar-refractivity contribution in [3.8, 4) is 0 Å². The molecule has 11 heavy (non-hydrogen) atoms. The van der Waals surface area contributed by atoms with Crippen LogP contribution in [0.4, 0.5) is 8.78 Å². The summed E-state index contributed by atoms with van der Waals surface area (Å²) in [6, 6.07) is 0. The third-order valence-electron chi connectivity index (χ3n) is 0.657. The van der Waals surface area contributed by atoms with Crippen LogP contribution in [0.3, 0.4) is 0 Å². The largest absolute Gasteiger partial charge is 0.309 e. The molecule has 2 nitrogen and oxygen atoms in total. The first-order valence-corrected chi connectivity index (χ1v) is 3.31. The second kappa shape index (κ2) is 5.95. The molecule has 0 aromatic carbocycles. The number of alkyl halides is 2. The number of carbonyl (C=O) groups excluding carboxylic acids is 2. The molecule has 0 aromatic heterocycles. The molecule has 0 rings (SSSR count). The van der Waals surface area contributed by atoms with Gasteiger partial charge in [-0.25, -0.2) is 0 Å². The molecule has 66 valence electrons. The number of hydrogen-bond donors (Lipinski definition) is 0. The maximum atomic E-state index is 11.8. The maximum absolute atomic E-state index is 11.8. The molecule has 0 saturated carbocycles. The van der Waals surface area contributed by atoms with Gasteiger partial charge in [-0.05, 0) is 6.92 Å². The molecule has 4 heteroatoms. The van der Waals surface area contributed by atoms with E-state index >= 15 is 0 Å². The second-order valence-corrected chi connectivity index (χ2v) is 1.76. The Hall–Kier alpha value is -0.800. The summed E-state index contributed by atoms with van der Waals surface area (Å²) >= 11 is 0. The Kier molecular flexibility index (Phi) is 6.94. The Balaban J connectivity index is 0. The minimum absolute atomic E-state index is 0.519. The van der Waals surface area contributed by atoms with Crippen LogP contribution in [0.1, 0.15) is 27.2 Å². The lowest BCUT2D eigenvalue weighted by molar-refractivity contribution is -0.137. The van der Waals surface area contributed by atoms with Crippen molar-refractivity contribution in [2.75, 3.05) is 0 Å². The van der Waals surface area contributed by atoms with E-state index in [1.54, 1.807) is 0 Å². The molecule has 0 bridgehead atoms. The Bertz CT molecular complexity index is 132. The molecule has 0 atom stereocenters. The van der Waals surface area contributed by atoms with Gasteiger partial charge in [-0.1, -0.05) is 13.8 Å². The molecule has 0 N–H and O–H groups in total. The van der Waals surface area contributed by atoms with Gasteiger partial charge in [0.2, 0.25) is 0 Å². The van der Waals surface area contributed by atoms with Crippen molar-refractivity contribution in [1.82, 2.24) is 0 Å². The molecule has 0 amide bonds. The molecule has 0 aliphatic heterocycles. The summed E-state index contributed by atoms with van der Waals surface area (Å²) in [5.74, 6) is -4.15. The fourth-order valence-corrected chi connectivity index (χ4v) is 0.374. The highest BCUT2D eigenvalue weighted by Gasteiger charge is 2.29. The number of Topliss-reactive ketones (excluding diaryl/α,β-unsaturated/α-hetero) is 1. The van der Waals surface area contributed by atoms with Crippen molar-refractivity contribution >= 4 is 12.1 Å². The number of ketones is 1. The summed E-state index contributed by atoms with van der Waals surface area (Å²) in [5, 5.41) is 0. The Morgan fingerprint density at radius 3 is 1.91 bits per heavy atom. The number of rotatable bonds is 3. The third kappa shape index (κ3) is 9.20. The van der Waals surface area contributed by atoms with Crippen molar-refractivity contribution in [3.05, 3.63) is 0 Å². The molecule has 0 unspecified atom stereocenters. The highest BCUT2D eigenvalue weighted by atomic mass is 19.3. The minimum atomic E-state index is -3.47. The van der Waals surface area contributed by atoms with Gasteiger partial charge < -0.3 is 0 Å². The SMILES string of the molecule is CC.CC(=O)CC(F)(F)C=O. The zero-order chi connectivity index (χ0) is 9.49. The summed E-state index contributed by atoms with van der Waals surface area (Å²) in [7, 11) is 0. The van der Waals surface area contributed by atoms with E-state index in [-0.39, 0.29) is 0 Å². The first kappa shape index (κ1) is 12.8. The van der Waals surface area contributed by atoms with Crippen LogP contribution in [-0.4, -0.2) is 18.0 Å². The van der Waals surface area contributed by atoms with Crippen molar-refractivity contribution in [1.29, 1.82) is 0 Å². The highest BCUT2D eigenvalue weighted by Crippen LogP contribution is 2.14. The number of hydrogen-bond acceptors (Lipinski definition) is 2. The maximum Gasteiger partial charge on any atom is 0.309 e. The van der Waals surface area contributed by atoms with Crippen LogP contribution >= 0.6 is 0 Å². The molecular weight excluding hydrogens is 154 g/mol. The average molecular weight is 166 g/mol. The van der Waals surface area contributed by atoms with Gasteiger partial charge in [0.05, 0.1) is 6.42 Å². The lowest BCUT2D eigenvalue weighted by Crippen LogP contribution is -2.20. The van der Waals surface area contributed by atoms with Crippen LogP contribution in [-0.2, 0) is 9.59 Å². The summed E-state index contributed by atoms with van der Waals surface area (Å²) in [6.45, 7) is 5.01. The molecule has 0 saturated heterocycles. The lowest BCUT2D eigenvalue weighted by Gasteiger charge is -2.03. The summed E-state index contributed by atoms with van der Waals surface area (Å²) in [5.41, 5.74) is 0. The van der Waals surface area contributed by atoms with Crippen molar-refractivity contribution in [2.45, 2.75) is 33.1 Å². The fourth-order valence-electron chi connectivity index (χ4n) is 0.374. The van der Waals surface area contributed by atoms with Crippen LogP contribution in [0.25, 0.3) is 0 Å². The van der Waals surface area contributed by atoms with Crippen LogP contribution in [0.15, 0.2) is 0 Å². The van der Waals surface area contributed by atoms with Crippen molar-refractivity contribution in [3.63, 3.8) is 0 Å². The first-order valence-electron chi connectivity index (χ1n) is 3.31. The summed E-state index contributed by atoms with van der Waals surface area (Å²) in [6.07, 6.45) is -1.51. The van der Waals surface area contributed by atoms with Gasteiger partial charge in [0.15, 0.2) is 6.29 Å². The van der Waals surface area contributed by atoms with Gasteiger partial charge in [-0.3, -0.25) is 9.59 Å². The molecule has 0 spiro atoms. The third-order valence-corrected chi connectivity index (χ3v) is 0.657. The van der Waals surface area contributed by atoms with Crippen molar-refractivity contribution < 1.29 is 18.4 Å². The summed E-state index contributed by atoms with van der Waals surface area (Å²) in [4.78, 5) is 19.4. The molecule has 0 aliphatic rings. The smallest absolute Gasteiger partial charge is 0.300 e. The number of carbonyl (C=O) groups is 2. The molecule has 0 fully saturated rings. The molecule has 0 radical (unpaired) electrons. The predicted molar refractivity (Wildman–Crippen MR) is 37.7 cm³/mol. The molecule has 0 aromatic rings. The quantitative estimate of drug-likeness (QED) is 0.599. The fraction of sp³-hybridized carbons (Fsp3) is 0.714. The molecular formula is C7H12F2O2. The zero-order valence-corrected chi connectivity index (χ0v) is 6.86. The molecule has 0 aliphatic carbocycles. The highest BCUT2D eigenvalue weighted by molar-refractivity contribution is 5.80. The first-order chi connectivity index (χ1) is 4.98. The van der Waals surface area contributed by atoms with E-state index in [4.69, 9.17) is 0 Å². The van der Waals surface area contributed by atoms with Gasteiger partial charge >= 0.3 is 5.92 Å². The number of aldehydes is 1. The number of halogens is 2. The average Bonchev–Trinajstić information content (AvgIpc) is 1.90. The van der Waals surface area contributed by atoms with E-state index in [9.17, 15) is 18.4 Å². The van der Waals surface area contributed by atoms with Crippen LogP contribution in [0.5, 0.6) is 0 Å². The summed E-state index contributed by atoms with van der Waals surface area (Å²) < 4.78 is 23.6. The Morgan fingerprint density at radius 2 is 1.82 bits per heavy atom. The topological polar surface area (TPSA) is 34.1 Å². The van der Waals surface area contributed by atoms with Gasteiger partial charge in [-0.15, -0.1) is 0 Å².